The van der Waals surface area contributed by atoms with Gasteiger partial charge in [-0.3, -0.25) is 9.78 Å². The highest BCUT2D eigenvalue weighted by Crippen LogP contribution is 2.18. The molecule has 0 radical (unpaired) electrons. The van der Waals surface area contributed by atoms with Gasteiger partial charge in [0.25, 0.3) is 0 Å². The van der Waals surface area contributed by atoms with Gasteiger partial charge in [-0.05, 0) is 18.6 Å². The second kappa shape index (κ2) is 5.58. The molecule has 88 valence electrons. The molecule has 0 atom stereocenters. The molecular formula is C15H17NO. The van der Waals surface area contributed by atoms with Crippen molar-refractivity contribution in [2.75, 3.05) is 0 Å². The van der Waals surface area contributed by atoms with E-state index in [4.69, 9.17) is 0 Å². The predicted octanol–water partition coefficient (Wildman–Crippen LogP) is 4.00. The molecule has 2 rings (SSSR count). The first-order valence-electron chi connectivity index (χ1n) is 6.20. The Morgan fingerprint density at radius 3 is 2.88 bits per heavy atom. The molecule has 17 heavy (non-hydrogen) atoms. The van der Waals surface area contributed by atoms with Gasteiger partial charge in [-0.2, -0.15) is 0 Å². The van der Waals surface area contributed by atoms with Gasteiger partial charge < -0.3 is 0 Å². The number of hydrogen-bond donors (Lipinski definition) is 0. The van der Waals surface area contributed by atoms with Crippen molar-refractivity contribution in [3.05, 3.63) is 42.1 Å². The highest BCUT2D eigenvalue weighted by Gasteiger charge is 2.09. The number of hydrogen-bond acceptors (Lipinski definition) is 2. The maximum Gasteiger partial charge on any atom is 0.163 e. The lowest BCUT2D eigenvalue weighted by Crippen LogP contribution is -2.00. The van der Waals surface area contributed by atoms with Crippen LogP contribution in [0.4, 0.5) is 0 Å². The molecule has 0 spiro atoms. The lowest BCUT2D eigenvalue weighted by Gasteiger charge is -2.04. The smallest absolute Gasteiger partial charge is 0.163 e. The van der Waals surface area contributed by atoms with E-state index in [0.29, 0.717) is 6.42 Å². The number of ketones is 1. The van der Waals surface area contributed by atoms with Crippen LogP contribution in [0.1, 0.15) is 43.0 Å². The zero-order valence-corrected chi connectivity index (χ0v) is 10.1. The fourth-order valence-electron chi connectivity index (χ4n) is 2.02. The first-order chi connectivity index (χ1) is 8.33. The third-order valence-electron chi connectivity index (χ3n) is 2.95. The van der Waals surface area contributed by atoms with Crippen LogP contribution in [0, 0.1) is 0 Å². The number of fused-ring (bicyclic) bond motifs is 1. The van der Waals surface area contributed by atoms with Gasteiger partial charge in [0.05, 0.1) is 5.52 Å². The van der Waals surface area contributed by atoms with Crippen LogP contribution in [-0.4, -0.2) is 10.8 Å². The molecule has 0 aliphatic carbocycles. The molecule has 2 nitrogen and oxygen atoms in total. The summed E-state index contributed by atoms with van der Waals surface area (Å²) in [6.45, 7) is 2.15. The van der Waals surface area contributed by atoms with Crippen molar-refractivity contribution in [2.24, 2.45) is 0 Å². The van der Waals surface area contributed by atoms with Crippen molar-refractivity contribution in [1.29, 1.82) is 0 Å². The van der Waals surface area contributed by atoms with E-state index < -0.39 is 0 Å². The van der Waals surface area contributed by atoms with Gasteiger partial charge in [-0.25, -0.2) is 0 Å². The molecule has 2 heteroatoms. The van der Waals surface area contributed by atoms with Gasteiger partial charge in [0.1, 0.15) is 0 Å². The van der Waals surface area contributed by atoms with Crippen molar-refractivity contribution in [2.45, 2.75) is 32.6 Å². The number of rotatable bonds is 5. The summed E-state index contributed by atoms with van der Waals surface area (Å²) in [4.78, 5) is 16.4. The number of Topliss-reactive ketones (excluding diaryl/α,β-unsaturated/α-hetero) is 1. The Hall–Kier alpha value is -1.70. The fraction of sp³-hybridized carbons (Fsp3) is 0.333. The maximum atomic E-state index is 12.1. The summed E-state index contributed by atoms with van der Waals surface area (Å²) in [6.07, 6.45) is 5.64. The largest absolute Gasteiger partial charge is 0.294 e. The minimum Gasteiger partial charge on any atom is -0.294 e. The van der Waals surface area contributed by atoms with E-state index in [-0.39, 0.29) is 5.78 Å². The van der Waals surface area contributed by atoms with Crippen LogP contribution in [0.15, 0.2) is 36.5 Å². The summed E-state index contributed by atoms with van der Waals surface area (Å²) >= 11 is 0. The van der Waals surface area contributed by atoms with E-state index in [0.717, 1.165) is 35.7 Å². The van der Waals surface area contributed by atoms with E-state index >= 15 is 0 Å². The maximum absolute atomic E-state index is 12.1. The SMILES string of the molecule is CCCCCC(=O)c1cccc2ncccc12. The van der Waals surface area contributed by atoms with Crippen LogP contribution in [0.2, 0.25) is 0 Å². The van der Waals surface area contributed by atoms with Crippen molar-refractivity contribution in [3.63, 3.8) is 0 Å². The van der Waals surface area contributed by atoms with Gasteiger partial charge in [-0.15, -0.1) is 0 Å². The molecule has 0 amide bonds. The summed E-state index contributed by atoms with van der Waals surface area (Å²) in [5.41, 5.74) is 1.71. The van der Waals surface area contributed by atoms with Crippen LogP contribution in [-0.2, 0) is 0 Å². The number of aromatic nitrogens is 1. The van der Waals surface area contributed by atoms with Crippen LogP contribution in [0.25, 0.3) is 10.9 Å². The minimum atomic E-state index is 0.233. The minimum absolute atomic E-state index is 0.233. The average molecular weight is 227 g/mol. The van der Waals surface area contributed by atoms with E-state index in [2.05, 4.69) is 11.9 Å². The number of benzene rings is 1. The normalized spacial score (nSPS) is 10.6. The second-order valence-electron chi connectivity index (χ2n) is 4.26. The number of carbonyl (C=O) groups excluding carboxylic acids is 1. The summed E-state index contributed by atoms with van der Waals surface area (Å²) in [5.74, 6) is 0.233. The van der Waals surface area contributed by atoms with Gasteiger partial charge in [0.2, 0.25) is 0 Å². The summed E-state index contributed by atoms with van der Waals surface area (Å²) in [7, 11) is 0. The van der Waals surface area contributed by atoms with Gasteiger partial charge in [-0.1, -0.05) is 38.0 Å². The van der Waals surface area contributed by atoms with Gasteiger partial charge >= 0.3 is 0 Å². The molecule has 1 aromatic heterocycles. The lowest BCUT2D eigenvalue weighted by atomic mass is 10.0. The first-order valence-corrected chi connectivity index (χ1v) is 6.20. The van der Waals surface area contributed by atoms with Gasteiger partial charge in [0.15, 0.2) is 5.78 Å². The molecule has 0 bridgehead atoms. The van der Waals surface area contributed by atoms with Crippen molar-refractivity contribution >= 4 is 16.7 Å². The van der Waals surface area contributed by atoms with E-state index in [9.17, 15) is 4.79 Å². The third-order valence-corrected chi connectivity index (χ3v) is 2.95. The molecule has 0 saturated carbocycles. The molecule has 1 aromatic carbocycles. The number of pyridine rings is 1. The third kappa shape index (κ3) is 2.70. The Balaban J connectivity index is 2.26. The predicted molar refractivity (Wildman–Crippen MR) is 70.2 cm³/mol. The second-order valence-corrected chi connectivity index (χ2v) is 4.26. The summed E-state index contributed by atoms with van der Waals surface area (Å²) in [6, 6.07) is 9.60. The Kier molecular flexibility index (Phi) is 3.86. The number of unbranched alkanes of at least 4 members (excludes halogenated alkanes) is 2. The topological polar surface area (TPSA) is 30.0 Å². The highest BCUT2D eigenvalue weighted by molar-refractivity contribution is 6.07. The Morgan fingerprint density at radius 1 is 1.18 bits per heavy atom. The quantitative estimate of drug-likeness (QED) is 0.571. The van der Waals surface area contributed by atoms with Crippen molar-refractivity contribution < 1.29 is 4.79 Å². The summed E-state index contributed by atoms with van der Waals surface area (Å²) in [5, 5.41) is 0.969. The molecule has 0 fully saturated rings. The Morgan fingerprint density at radius 2 is 2.06 bits per heavy atom. The van der Waals surface area contributed by atoms with Crippen LogP contribution < -0.4 is 0 Å². The Bertz CT molecular complexity index is 514. The van der Waals surface area contributed by atoms with E-state index in [1.165, 1.54) is 0 Å². The standard InChI is InChI=1S/C15H17NO/c1-2-3-4-10-15(17)13-7-5-9-14-12(13)8-6-11-16-14/h5-9,11H,2-4,10H2,1H3. The summed E-state index contributed by atoms with van der Waals surface area (Å²) < 4.78 is 0. The highest BCUT2D eigenvalue weighted by atomic mass is 16.1. The molecule has 0 aliphatic rings. The number of nitrogens with zero attached hydrogens (tertiary/aromatic N) is 1. The number of carbonyl (C=O) groups is 1. The first kappa shape index (κ1) is 11.8. The van der Waals surface area contributed by atoms with E-state index in [1.807, 2.05) is 30.3 Å². The zero-order chi connectivity index (χ0) is 12.1. The van der Waals surface area contributed by atoms with E-state index in [1.54, 1.807) is 6.20 Å². The van der Waals surface area contributed by atoms with Crippen molar-refractivity contribution in [3.8, 4) is 0 Å². The fourth-order valence-corrected chi connectivity index (χ4v) is 2.02. The zero-order valence-electron chi connectivity index (χ0n) is 10.1. The van der Waals surface area contributed by atoms with Crippen molar-refractivity contribution in [1.82, 2.24) is 4.98 Å². The molecule has 1 heterocycles. The Labute approximate surface area is 102 Å². The van der Waals surface area contributed by atoms with Crippen LogP contribution in [0.3, 0.4) is 0 Å². The average Bonchev–Trinajstić information content (AvgIpc) is 2.38. The lowest BCUT2D eigenvalue weighted by molar-refractivity contribution is 0.0981. The molecule has 0 aliphatic heterocycles. The molecule has 0 N–H and O–H groups in total. The molecule has 0 unspecified atom stereocenters. The van der Waals surface area contributed by atoms with Crippen LogP contribution in [0.5, 0.6) is 0 Å². The van der Waals surface area contributed by atoms with Crippen LogP contribution >= 0.6 is 0 Å². The monoisotopic (exact) mass is 227 g/mol. The molecular weight excluding hydrogens is 210 g/mol. The molecule has 0 saturated heterocycles. The molecule has 2 aromatic rings. The van der Waals surface area contributed by atoms with Gasteiger partial charge in [0, 0.05) is 23.6 Å².